The van der Waals surface area contributed by atoms with Gasteiger partial charge in [-0.1, -0.05) is 29.8 Å². The normalized spacial score (nSPS) is 13.0. The first-order valence-electron chi connectivity index (χ1n) is 14.7. The van der Waals surface area contributed by atoms with Gasteiger partial charge in [-0.2, -0.15) is 5.10 Å². The van der Waals surface area contributed by atoms with Crippen molar-refractivity contribution in [2.45, 2.75) is 84.6 Å². The van der Waals surface area contributed by atoms with Crippen LogP contribution in [-0.2, 0) is 29.1 Å². The molecule has 1 amide bonds. The van der Waals surface area contributed by atoms with E-state index in [4.69, 9.17) is 19.0 Å². The summed E-state index contributed by atoms with van der Waals surface area (Å²) in [6.45, 7) is 14.7. The molecule has 0 radical (unpaired) electrons. The summed E-state index contributed by atoms with van der Waals surface area (Å²) >= 11 is 0. The number of sulfonamides is 1. The van der Waals surface area contributed by atoms with Crippen LogP contribution < -0.4 is 4.72 Å². The molecular weight excluding hydrogens is 632 g/mol. The number of nitrogens with zero attached hydrogens (tertiary/aromatic N) is 5. The molecule has 0 aliphatic carbocycles. The predicted molar refractivity (Wildman–Crippen MR) is 171 cm³/mol. The van der Waals surface area contributed by atoms with Gasteiger partial charge in [-0.3, -0.25) is 4.84 Å². The van der Waals surface area contributed by atoms with E-state index >= 15 is 0 Å². The van der Waals surface area contributed by atoms with E-state index in [-0.39, 0.29) is 23.0 Å². The van der Waals surface area contributed by atoms with E-state index in [1.807, 2.05) is 48.9 Å². The first kappa shape index (κ1) is 36.6. The Hall–Kier alpha value is -4.86. The van der Waals surface area contributed by atoms with Crippen LogP contribution in [0.2, 0.25) is 0 Å². The Morgan fingerprint density at radius 3 is 2.23 bits per heavy atom. The number of nitrogens with one attached hydrogen (secondary N) is 1. The van der Waals surface area contributed by atoms with E-state index in [2.05, 4.69) is 10.4 Å². The molecule has 0 saturated carbocycles. The lowest BCUT2D eigenvalue weighted by Crippen LogP contribution is -2.48. The molecule has 1 heterocycles. The molecule has 0 aliphatic rings. The fourth-order valence-electron chi connectivity index (χ4n) is 4.08. The maximum Gasteiger partial charge on any atom is 0.511 e. The van der Waals surface area contributed by atoms with Crippen molar-refractivity contribution in [2.24, 2.45) is 5.28 Å². The van der Waals surface area contributed by atoms with Gasteiger partial charge in [0.05, 0.1) is 32.5 Å². The second kappa shape index (κ2) is 14.7. The summed E-state index contributed by atoms with van der Waals surface area (Å²) < 4.78 is 44.3. The van der Waals surface area contributed by atoms with Crippen LogP contribution in [0.15, 0.2) is 64.8 Å². The molecule has 0 saturated heterocycles. The maximum atomic E-state index is 12.9. The van der Waals surface area contributed by atoms with Gasteiger partial charge in [0.1, 0.15) is 18.8 Å². The van der Waals surface area contributed by atoms with Gasteiger partial charge in [0.15, 0.2) is 0 Å². The lowest BCUT2D eigenvalue weighted by molar-refractivity contribution is -0.727. The molecule has 0 bridgehead atoms. The number of hydrazine groups is 1. The van der Waals surface area contributed by atoms with Crippen LogP contribution in [0.4, 0.5) is 9.59 Å². The van der Waals surface area contributed by atoms with Crippen LogP contribution in [0.3, 0.4) is 0 Å². The van der Waals surface area contributed by atoms with E-state index in [1.165, 1.54) is 19.1 Å². The summed E-state index contributed by atoms with van der Waals surface area (Å²) in [7, 11) is -4.29. The van der Waals surface area contributed by atoms with Crippen molar-refractivity contribution in [3.63, 3.8) is 0 Å². The number of benzene rings is 2. The number of hydrogen-bond donors (Lipinski definition) is 1. The number of carbonyl (C=O) groups is 2. The van der Waals surface area contributed by atoms with Crippen molar-refractivity contribution in [2.75, 3.05) is 13.2 Å². The van der Waals surface area contributed by atoms with Gasteiger partial charge in [0, 0.05) is 12.5 Å². The zero-order valence-corrected chi connectivity index (χ0v) is 28.8. The summed E-state index contributed by atoms with van der Waals surface area (Å²) in [5.74, 6) is 0. The molecule has 1 atom stereocenters. The number of hydrogen-bond acceptors (Lipinski definition) is 11. The molecule has 15 nitrogen and oxygen atoms in total. The number of amides is 1. The van der Waals surface area contributed by atoms with Gasteiger partial charge >= 0.3 is 12.2 Å². The van der Waals surface area contributed by atoms with E-state index < -0.39 is 39.7 Å². The first-order chi connectivity index (χ1) is 21.7. The average Bonchev–Trinajstić information content (AvgIpc) is 3.34. The summed E-state index contributed by atoms with van der Waals surface area (Å²) in [4.78, 5) is 29.1. The number of aryl methyl sites for hydroxylation is 2. The standard InChI is InChI=1S/C31H42N6O9S/c1-21-10-12-24(13-11-21)27-20-22(2)32-36(27)25-14-16-26(17-15-25)47(41,42)33-28(38)43-19-18-35(30(4,5)6)37(40)34-46-23(3)44-29(39)45-31(7,8)9/h10-17,20,23H,18-19H2,1-9H3,(H,33,38)/b37-34-. The molecule has 0 spiro atoms. The zero-order chi connectivity index (χ0) is 35.2. The Morgan fingerprint density at radius 2 is 1.66 bits per heavy atom. The maximum absolute atomic E-state index is 12.9. The predicted octanol–water partition coefficient (Wildman–Crippen LogP) is 5.78. The topological polar surface area (TPSA) is 177 Å². The molecule has 2 aromatic carbocycles. The summed E-state index contributed by atoms with van der Waals surface area (Å²) in [6, 6.07) is 15.8. The molecule has 0 fully saturated rings. The third-order valence-corrected chi connectivity index (χ3v) is 7.55. The van der Waals surface area contributed by atoms with Crippen molar-refractivity contribution in [3.8, 4) is 16.9 Å². The second-order valence-electron chi connectivity index (χ2n) is 12.6. The van der Waals surface area contributed by atoms with Crippen molar-refractivity contribution in [1.29, 1.82) is 0 Å². The quantitative estimate of drug-likeness (QED) is 0.0858. The lowest BCUT2D eigenvalue weighted by atomic mass is 10.1. The third kappa shape index (κ3) is 10.9. The Bertz CT molecular complexity index is 1670. The van der Waals surface area contributed by atoms with E-state index in [0.717, 1.165) is 27.5 Å². The fraction of sp³-hybridized carbons (Fsp3) is 0.452. The van der Waals surface area contributed by atoms with Gasteiger partial charge in [0.25, 0.3) is 16.3 Å². The van der Waals surface area contributed by atoms with Crippen LogP contribution in [0.1, 0.15) is 59.7 Å². The highest BCUT2D eigenvalue weighted by Gasteiger charge is 2.30. The number of rotatable bonds is 11. The third-order valence-electron chi connectivity index (χ3n) is 6.22. The molecule has 3 aromatic rings. The highest BCUT2D eigenvalue weighted by atomic mass is 32.2. The van der Waals surface area contributed by atoms with E-state index in [0.29, 0.717) is 5.69 Å². The molecule has 16 heteroatoms. The van der Waals surface area contributed by atoms with Crippen LogP contribution >= 0.6 is 0 Å². The molecule has 256 valence electrons. The molecule has 0 aliphatic heterocycles. The Kier molecular flexibility index (Phi) is 11.5. The van der Waals surface area contributed by atoms with Crippen molar-refractivity contribution < 1.29 is 42.0 Å². The van der Waals surface area contributed by atoms with Gasteiger partial charge < -0.3 is 19.4 Å². The SMILES string of the molecule is Cc1ccc(-c2cc(C)nn2-c2ccc(S(=O)(=O)NC(=O)OCCN(/[N+]([O-])=N/OC(C)OC(=O)OC(C)(C)C)C(C)(C)C)cc2)cc1. The summed E-state index contributed by atoms with van der Waals surface area (Å²) in [5.41, 5.74) is 2.70. The number of carbonyl (C=O) groups excluding carboxylic acids is 2. The van der Waals surface area contributed by atoms with Crippen molar-refractivity contribution >= 4 is 22.3 Å². The Balaban J connectivity index is 1.59. The molecule has 3 rings (SSSR count). The van der Waals surface area contributed by atoms with Crippen LogP contribution in [-0.4, -0.2) is 71.0 Å². The minimum absolute atomic E-state index is 0.111. The molecular formula is C31H42N6O9S. The Labute approximate surface area is 274 Å². The minimum Gasteiger partial charge on any atom is -0.569 e. The molecule has 47 heavy (non-hydrogen) atoms. The van der Waals surface area contributed by atoms with Crippen LogP contribution in [0, 0.1) is 19.1 Å². The van der Waals surface area contributed by atoms with Gasteiger partial charge in [-0.05, 0) is 85.7 Å². The number of aromatic nitrogens is 2. The molecule has 1 N–H and O–H groups in total. The highest BCUT2D eigenvalue weighted by molar-refractivity contribution is 7.90. The van der Waals surface area contributed by atoms with E-state index in [9.17, 15) is 23.2 Å². The largest absolute Gasteiger partial charge is 0.569 e. The monoisotopic (exact) mass is 674 g/mol. The van der Waals surface area contributed by atoms with Crippen LogP contribution in [0.25, 0.3) is 16.9 Å². The smallest absolute Gasteiger partial charge is 0.511 e. The van der Waals surface area contributed by atoms with Gasteiger partial charge in [-0.25, -0.2) is 27.4 Å². The fourth-order valence-corrected chi connectivity index (χ4v) is 4.97. The van der Waals surface area contributed by atoms with E-state index in [1.54, 1.807) is 58.4 Å². The minimum atomic E-state index is -4.29. The van der Waals surface area contributed by atoms with Gasteiger partial charge in [0.2, 0.25) is 5.28 Å². The lowest BCUT2D eigenvalue weighted by Gasteiger charge is -2.30. The Morgan fingerprint density at radius 1 is 1.04 bits per heavy atom. The van der Waals surface area contributed by atoms with Crippen LogP contribution in [0.5, 0.6) is 0 Å². The number of ether oxygens (including phenoxy) is 3. The molecule has 1 unspecified atom stereocenters. The summed E-state index contributed by atoms with van der Waals surface area (Å²) in [5, 5.41) is 21.8. The van der Waals surface area contributed by atoms with Crippen molar-refractivity contribution in [3.05, 3.63) is 71.1 Å². The highest BCUT2D eigenvalue weighted by Crippen LogP contribution is 2.25. The van der Waals surface area contributed by atoms with Crippen molar-refractivity contribution in [1.82, 2.24) is 19.5 Å². The summed E-state index contributed by atoms with van der Waals surface area (Å²) in [6.07, 6.45) is -3.49. The van der Waals surface area contributed by atoms with Gasteiger partial charge in [-0.15, -0.1) is 5.01 Å². The second-order valence-corrected chi connectivity index (χ2v) is 14.3. The zero-order valence-electron chi connectivity index (χ0n) is 28.0. The molecule has 1 aromatic heterocycles. The first-order valence-corrected chi connectivity index (χ1v) is 16.2. The average molecular weight is 675 g/mol.